The second kappa shape index (κ2) is 7.58. The van der Waals surface area contributed by atoms with Crippen LogP contribution in [0.3, 0.4) is 0 Å². The van der Waals surface area contributed by atoms with E-state index in [4.69, 9.17) is 4.74 Å². The highest BCUT2D eigenvalue weighted by Crippen LogP contribution is 2.25. The van der Waals surface area contributed by atoms with E-state index in [1.807, 2.05) is 30.3 Å². The van der Waals surface area contributed by atoms with Crippen LogP contribution in [0.5, 0.6) is 0 Å². The Hall–Kier alpha value is -2.85. The van der Waals surface area contributed by atoms with Crippen molar-refractivity contribution in [2.24, 2.45) is 0 Å². The molecular weight excluding hydrogens is 328 g/mol. The fraction of sp³-hybridized carbons (Fsp3) is 0.421. The first-order valence-electron chi connectivity index (χ1n) is 9.00. The van der Waals surface area contributed by atoms with Crippen molar-refractivity contribution in [2.75, 3.05) is 54.5 Å². The maximum atomic E-state index is 9.31. The first-order valence-corrected chi connectivity index (χ1v) is 9.00. The molecule has 2 fully saturated rings. The minimum absolute atomic E-state index is 0.300. The Bertz CT molecular complexity index is 799. The van der Waals surface area contributed by atoms with E-state index in [9.17, 15) is 5.26 Å². The molecule has 7 nitrogen and oxygen atoms in total. The molecule has 3 heterocycles. The fourth-order valence-corrected chi connectivity index (χ4v) is 3.49. The number of anilines is 3. The zero-order valence-corrected chi connectivity index (χ0v) is 14.6. The molecule has 26 heavy (non-hydrogen) atoms. The minimum atomic E-state index is 0.300. The normalized spacial score (nSPS) is 20.0. The van der Waals surface area contributed by atoms with E-state index in [0.29, 0.717) is 6.04 Å². The number of nitrogens with zero attached hydrogens (tertiary/aromatic N) is 5. The van der Waals surface area contributed by atoms with Crippen LogP contribution < -0.4 is 15.1 Å². The van der Waals surface area contributed by atoms with E-state index < -0.39 is 0 Å². The summed E-state index contributed by atoms with van der Waals surface area (Å²) in [4.78, 5) is 13.5. The summed E-state index contributed by atoms with van der Waals surface area (Å²) in [7, 11) is 0. The third kappa shape index (κ3) is 3.55. The second-order valence-electron chi connectivity index (χ2n) is 6.55. The molecule has 0 spiro atoms. The summed E-state index contributed by atoms with van der Waals surface area (Å²) in [5.74, 6) is 1.60. The average molecular weight is 350 g/mol. The van der Waals surface area contributed by atoms with E-state index in [0.717, 1.165) is 68.8 Å². The maximum Gasteiger partial charge on any atom is 0.227 e. The summed E-state index contributed by atoms with van der Waals surface area (Å²) in [6, 6.07) is 12.3. The highest BCUT2D eigenvalue weighted by molar-refractivity contribution is 5.60. The molecule has 1 aromatic carbocycles. The Morgan fingerprint density at radius 2 is 1.96 bits per heavy atom. The molecular formula is C19H22N6O. The Morgan fingerprint density at radius 3 is 2.81 bits per heavy atom. The van der Waals surface area contributed by atoms with Gasteiger partial charge in [0.15, 0.2) is 0 Å². The molecule has 2 aliphatic rings. The molecule has 2 aromatic rings. The molecule has 0 amide bonds. The van der Waals surface area contributed by atoms with Crippen LogP contribution in [0, 0.1) is 11.3 Å². The van der Waals surface area contributed by atoms with Crippen molar-refractivity contribution >= 4 is 17.5 Å². The van der Waals surface area contributed by atoms with Gasteiger partial charge in [0.1, 0.15) is 11.9 Å². The van der Waals surface area contributed by atoms with Gasteiger partial charge in [-0.15, -0.1) is 0 Å². The lowest BCUT2D eigenvalue weighted by atomic mass is 10.2. The predicted molar refractivity (Wildman–Crippen MR) is 100 cm³/mol. The van der Waals surface area contributed by atoms with Gasteiger partial charge >= 0.3 is 0 Å². The van der Waals surface area contributed by atoms with Crippen molar-refractivity contribution in [3.63, 3.8) is 0 Å². The van der Waals surface area contributed by atoms with Gasteiger partial charge in [-0.05, 0) is 24.6 Å². The Morgan fingerprint density at radius 1 is 1.12 bits per heavy atom. The Balaban J connectivity index is 1.42. The third-order valence-electron chi connectivity index (χ3n) is 4.84. The lowest BCUT2D eigenvalue weighted by Crippen LogP contribution is -2.37. The molecule has 1 atom stereocenters. The van der Waals surface area contributed by atoms with Gasteiger partial charge < -0.3 is 19.9 Å². The number of benzene rings is 1. The number of aromatic nitrogens is 2. The number of nitriles is 1. The molecule has 1 N–H and O–H groups in total. The van der Waals surface area contributed by atoms with Crippen LogP contribution in [-0.4, -0.2) is 55.4 Å². The number of ether oxygens (including phenoxy) is 1. The second-order valence-corrected chi connectivity index (χ2v) is 6.55. The summed E-state index contributed by atoms with van der Waals surface area (Å²) >= 11 is 0. The molecule has 0 radical (unpaired) electrons. The number of rotatable bonds is 4. The molecule has 1 aromatic heterocycles. The van der Waals surface area contributed by atoms with Crippen LogP contribution in [0.4, 0.5) is 17.5 Å². The van der Waals surface area contributed by atoms with Crippen molar-refractivity contribution in [3.05, 3.63) is 42.1 Å². The van der Waals surface area contributed by atoms with E-state index >= 15 is 0 Å². The van der Waals surface area contributed by atoms with E-state index in [2.05, 4.69) is 31.2 Å². The van der Waals surface area contributed by atoms with Crippen LogP contribution in [-0.2, 0) is 4.74 Å². The summed E-state index contributed by atoms with van der Waals surface area (Å²) in [5.41, 5.74) is 1.74. The molecule has 0 saturated carbocycles. The summed E-state index contributed by atoms with van der Waals surface area (Å²) in [5, 5.41) is 12.8. The van der Waals surface area contributed by atoms with Crippen molar-refractivity contribution in [1.29, 1.82) is 5.26 Å². The molecule has 0 aliphatic carbocycles. The van der Waals surface area contributed by atoms with Crippen molar-refractivity contribution in [2.45, 2.75) is 12.5 Å². The van der Waals surface area contributed by atoms with Gasteiger partial charge in [0, 0.05) is 38.4 Å². The van der Waals surface area contributed by atoms with Crippen LogP contribution in [0.15, 0.2) is 36.5 Å². The average Bonchev–Trinajstić information content (AvgIpc) is 3.17. The Labute approximate surface area is 153 Å². The standard InChI is InChI=1S/C19H22N6O/c20-13-15-3-1-2-4-17(15)25-8-6-16(14-25)22-18-5-7-21-19(23-18)24-9-11-26-12-10-24/h1-5,7,16H,6,8-12,14H2,(H,21,22,23). The van der Waals surface area contributed by atoms with Crippen LogP contribution in [0.1, 0.15) is 12.0 Å². The summed E-state index contributed by atoms with van der Waals surface area (Å²) in [6.45, 7) is 4.87. The number of hydrogen-bond acceptors (Lipinski definition) is 7. The Kier molecular flexibility index (Phi) is 4.84. The van der Waals surface area contributed by atoms with Gasteiger partial charge in [0.05, 0.1) is 24.5 Å². The SMILES string of the molecule is N#Cc1ccccc1N1CCC(Nc2ccnc(N3CCOCC3)n2)C1. The highest BCUT2D eigenvalue weighted by atomic mass is 16.5. The first kappa shape index (κ1) is 16.6. The van der Waals surface area contributed by atoms with Crippen LogP contribution in [0.2, 0.25) is 0 Å². The van der Waals surface area contributed by atoms with Gasteiger partial charge in [-0.3, -0.25) is 0 Å². The largest absolute Gasteiger partial charge is 0.378 e. The molecule has 2 aliphatic heterocycles. The molecule has 4 rings (SSSR count). The number of nitrogens with one attached hydrogen (secondary N) is 1. The van der Waals surface area contributed by atoms with Crippen molar-refractivity contribution in [3.8, 4) is 6.07 Å². The van der Waals surface area contributed by atoms with Gasteiger partial charge in [0.2, 0.25) is 5.95 Å². The molecule has 134 valence electrons. The summed E-state index contributed by atoms with van der Waals surface area (Å²) in [6.07, 6.45) is 2.81. The zero-order valence-electron chi connectivity index (χ0n) is 14.6. The zero-order chi connectivity index (χ0) is 17.8. The van der Waals surface area contributed by atoms with Crippen molar-refractivity contribution < 1.29 is 4.74 Å². The maximum absolute atomic E-state index is 9.31. The van der Waals surface area contributed by atoms with Gasteiger partial charge in [0.25, 0.3) is 0 Å². The van der Waals surface area contributed by atoms with Crippen LogP contribution >= 0.6 is 0 Å². The number of hydrogen-bond donors (Lipinski definition) is 1. The topological polar surface area (TPSA) is 77.3 Å². The third-order valence-corrected chi connectivity index (χ3v) is 4.84. The van der Waals surface area contributed by atoms with Gasteiger partial charge in [-0.1, -0.05) is 12.1 Å². The van der Waals surface area contributed by atoms with Gasteiger partial charge in [-0.2, -0.15) is 10.2 Å². The minimum Gasteiger partial charge on any atom is -0.378 e. The van der Waals surface area contributed by atoms with Crippen molar-refractivity contribution in [1.82, 2.24) is 9.97 Å². The molecule has 1 unspecified atom stereocenters. The van der Waals surface area contributed by atoms with E-state index in [1.165, 1.54) is 0 Å². The first-order chi connectivity index (χ1) is 12.8. The quantitative estimate of drug-likeness (QED) is 0.902. The predicted octanol–water partition coefficient (Wildman–Crippen LogP) is 1.88. The monoisotopic (exact) mass is 350 g/mol. The van der Waals surface area contributed by atoms with Gasteiger partial charge in [-0.25, -0.2) is 4.98 Å². The molecule has 7 heteroatoms. The van der Waals surface area contributed by atoms with E-state index in [-0.39, 0.29) is 0 Å². The number of para-hydroxylation sites is 1. The fourth-order valence-electron chi connectivity index (χ4n) is 3.49. The smallest absolute Gasteiger partial charge is 0.227 e. The highest BCUT2D eigenvalue weighted by Gasteiger charge is 2.24. The molecule has 0 bridgehead atoms. The number of morpholine rings is 1. The lowest BCUT2D eigenvalue weighted by Gasteiger charge is -2.27. The lowest BCUT2D eigenvalue weighted by molar-refractivity contribution is 0.122. The van der Waals surface area contributed by atoms with Crippen LogP contribution in [0.25, 0.3) is 0 Å². The van der Waals surface area contributed by atoms with E-state index in [1.54, 1.807) is 6.20 Å². The summed E-state index contributed by atoms with van der Waals surface area (Å²) < 4.78 is 5.39. The molecule has 2 saturated heterocycles.